The zero-order valence-corrected chi connectivity index (χ0v) is 13.2. The molecule has 0 unspecified atom stereocenters. The maximum absolute atomic E-state index is 11.8. The van der Waals surface area contributed by atoms with E-state index >= 15 is 0 Å². The smallest absolute Gasteiger partial charge is 0.326 e. The number of nitrogens with one attached hydrogen (secondary N) is 1. The lowest BCUT2D eigenvalue weighted by molar-refractivity contribution is -0.143. The lowest BCUT2D eigenvalue weighted by Crippen LogP contribution is -2.44. The van der Waals surface area contributed by atoms with Gasteiger partial charge in [0.25, 0.3) is 0 Å². The summed E-state index contributed by atoms with van der Waals surface area (Å²) in [7, 11) is 0. The Kier molecular flexibility index (Phi) is 6.40. The van der Waals surface area contributed by atoms with E-state index in [4.69, 9.17) is 5.11 Å². The molecule has 0 bridgehead atoms. The Morgan fingerprint density at radius 3 is 2.10 bits per heavy atom. The standard InChI is InChI=1S/C17H25NO3/c1-11(2)14-8-5-13(6-9-14)7-10-15(19)18-16(12(3)4)17(20)21/h5-6,8-9,11-12,16H,7,10H2,1-4H3,(H,18,19)(H,20,21)/t16-/m1/s1. The lowest BCUT2D eigenvalue weighted by Gasteiger charge is -2.17. The summed E-state index contributed by atoms with van der Waals surface area (Å²) in [5.41, 5.74) is 2.36. The van der Waals surface area contributed by atoms with Gasteiger partial charge in [0, 0.05) is 6.42 Å². The van der Waals surface area contributed by atoms with Gasteiger partial charge in [-0.2, -0.15) is 0 Å². The summed E-state index contributed by atoms with van der Waals surface area (Å²) < 4.78 is 0. The number of carboxylic acids is 1. The number of hydrogen-bond acceptors (Lipinski definition) is 2. The van der Waals surface area contributed by atoms with Crippen LogP contribution in [0.2, 0.25) is 0 Å². The highest BCUT2D eigenvalue weighted by atomic mass is 16.4. The van der Waals surface area contributed by atoms with Crippen LogP contribution in [0.3, 0.4) is 0 Å². The van der Waals surface area contributed by atoms with Gasteiger partial charge in [-0.05, 0) is 29.4 Å². The van der Waals surface area contributed by atoms with Gasteiger partial charge in [-0.15, -0.1) is 0 Å². The van der Waals surface area contributed by atoms with E-state index in [-0.39, 0.29) is 11.8 Å². The van der Waals surface area contributed by atoms with Gasteiger partial charge in [-0.3, -0.25) is 4.79 Å². The Bertz CT molecular complexity index is 477. The minimum Gasteiger partial charge on any atom is -0.480 e. The Morgan fingerprint density at radius 1 is 1.10 bits per heavy atom. The van der Waals surface area contributed by atoms with Gasteiger partial charge in [0.2, 0.25) is 5.91 Å². The number of benzene rings is 1. The van der Waals surface area contributed by atoms with E-state index < -0.39 is 12.0 Å². The summed E-state index contributed by atoms with van der Waals surface area (Å²) in [5, 5.41) is 11.6. The number of aryl methyl sites for hydroxylation is 1. The van der Waals surface area contributed by atoms with Gasteiger partial charge in [0.15, 0.2) is 0 Å². The van der Waals surface area contributed by atoms with Gasteiger partial charge < -0.3 is 10.4 Å². The fourth-order valence-electron chi connectivity index (χ4n) is 2.09. The molecular formula is C17H25NO3. The highest BCUT2D eigenvalue weighted by Crippen LogP contribution is 2.15. The number of hydrogen-bond donors (Lipinski definition) is 2. The minimum atomic E-state index is -0.986. The molecule has 21 heavy (non-hydrogen) atoms. The third-order valence-electron chi connectivity index (χ3n) is 3.54. The van der Waals surface area contributed by atoms with Gasteiger partial charge in [-0.1, -0.05) is 52.0 Å². The molecule has 0 saturated carbocycles. The number of amides is 1. The van der Waals surface area contributed by atoms with Gasteiger partial charge in [0.1, 0.15) is 6.04 Å². The van der Waals surface area contributed by atoms with Crippen LogP contribution < -0.4 is 5.32 Å². The Balaban J connectivity index is 2.51. The van der Waals surface area contributed by atoms with Crippen molar-refractivity contribution >= 4 is 11.9 Å². The number of carbonyl (C=O) groups excluding carboxylic acids is 1. The molecule has 1 atom stereocenters. The summed E-state index contributed by atoms with van der Waals surface area (Å²) >= 11 is 0. The van der Waals surface area contributed by atoms with Crippen molar-refractivity contribution in [2.24, 2.45) is 5.92 Å². The zero-order valence-electron chi connectivity index (χ0n) is 13.2. The largest absolute Gasteiger partial charge is 0.480 e. The first-order valence-corrected chi connectivity index (χ1v) is 7.42. The number of rotatable bonds is 7. The molecule has 0 spiro atoms. The maximum Gasteiger partial charge on any atom is 0.326 e. The van der Waals surface area contributed by atoms with Crippen molar-refractivity contribution in [3.8, 4) is 0 Å². The second kappa shape index (κ2) is 7.81. The number of carbonyl (C=O) groups is 2. The average Bonchev–Trinajstić information content (AvgIpc) is 2.42. The molecule has 0 heterocycles. The minimum absolute atomic E-state index is 0.128. The molecule has 0 saturated heterocycles. The Morgan fingerprint density at radius 2 is 1.67 bits per heavy atom. The van der Waals surface area contributed by atoms with Crippen molar-refractivity contribution < 1.29 is 14.7 Å². The molecule has 4 heteroatoms. The predicted molar refractivity (Wildman–Crippen MR) is 83.3 cm³/mol. The summed E-state index contributed by atoms with van der Waals surface area (Å²) in [4.78, 5) is 22.9. The highest BCUT2D eigenvalue weighted by molar-refractivity contribution is 5.83. The Hall–Kier alpha value is -1.84. The van der Waals surface area contributed by atoms with E-state index in [9.17, 15) is 9.59 Å². The predicted octanol–water partition coefficient (Wildman–Crippen LogP) is 2.97. The molecule has 0 aliphatic rings. The first-order chi connectivity index (χ1) is 9.81. The molecule has 0 aliphatic heterocycles. The SMILES string of the molecule is CC(C)c1ccc(CCC(=O)N[C@@H](C(=O)O)C(C)C)cc1. The van der Waals surface area contributed by atoms with Crippen LogP contribution in [-0.2, 0) is 16.0 Å². The summed E-state index contributed by atoms with van der Waals surface area (Å²) in [6.45, 7) is 7.84. The van der Waals surface area contributed by atoms with Gasteiger partial charge in [0.05, 0.1) is 0 Å². The first-order valence-electron chi connectivity index (χ1n) is 7.42. The summed E-state index contributed by atoms with van der Waals surface area (Å²) in [5.74, 6) is -0.842. The van der Waals surface area contributed by atoms with Crippen molar-refractivity contribution in [3.05, 3.63) is 35.4 Å². The van der Waals surface area contributed by atoms with Crippen LogP contribution in [0.15, 0.2) is 24.3 Å². The topological polar surface area (TPSA) is 66.4 Å². The number of aliphatic carboxylic acids is 1. The van der Waals surface area contributed by atoms with Crippen LogP contribution in [0.25, 0.3) is 0 Å². The molecule has 0 aromatic heterocycles. The van der Waals surface area contributed by atoms with Crippen LogP contribution in [0, 0.1) is 5.92 Å². The van der Waals surface area contributed by atoms with Crippen molar-refractivity contribution in [1.82, 2.24) is 5.32 Å². The van der Waals surface area contributed by atoms with Crippen LogP contribution in [-0.4, -0.2) is 23.0 Å². The Labute approximate surface area is 126 Å². The average molecular weight is 291 g/mol. The molecule has 2 N–H and O–H groups in total. The molecule has 1 rings (SSSR count). The normalized spacial score (nSPS) is 12.5. The third kappa shape index (κ3) is 5.58. The summed E-state index contributed by atoms with van der Waals surface area (Å²) in [6.07, 6.45) is 0.923. The van der Waals surface area contributed by atoms with Crippen molar-refractivity contribution in [3.63, 3.8) is 0 Å². The van der Waals surface area contributed by atoms with E-state index in [0.717, 1.165) is 5.56 Å². The molecule has 1 amide bonds. The molecular weight excluding hydrogens is 266 g/mol. The van der Waals surface area contributed by atoms with Crippen LogP contribution >= 0.6 is 0 Å². The second-order valence-corrected chi connectivity index (χ2v) is 6.02. The molecule has 1 aromatic carbocycles. The fraction of sp³-hybridized carbons (Fsp3) is 0.529. The lowest BCUT2D eigenvalue weighted by atomic mass is 10.00. The van der Waals surface area contributed by atoms with Crippen molar-refractivity contribution in [2.75, 3.05) is 0 Å². The van der Waals surface area contributed by atoms with E-state index in [1.165, 1.54) is 5.56 Å². The summed E-state index contributed by atoms with van der Waals surface area (Å²) in [6, 6.07) is 7.39. The zero-order chi connectivity index (χ0) is 16.0. The van der Waals surface area contributed by atoms with Crippen LogP contribution in [0.4, 0.5) is 0 Å². The van der Waals surface area contributed by atoms with E-state index in [0.29, 0.717) is 18.8 Å². The third-order valence-corrected chi connectivity index (χ3v) is 3.54. The first kappa shape index (κ1) is 17.2. The van der Waals surface area contributed by atoms with Crippen LogP contribution in [0.1, 0.15) is 51.2 Å². The molecule has 1 aromatic rings. The van der Waals surface area contributed by atoms with E-state index in [1.807, 2.05) is 12.1 Å². The quantitative estimate of drug-likeness (QED) is 0.811. The van der Waals surface area contributed by atoms with Crippen molar-refractivity contribution in [1.29, 1.82) is 0 Å². The molecule has 116 valence electrons. The maximum atomic E-state index is 11.8. The highest BCUT2D eigenvalue weighted by Gasteiger charge is 2.22. The molecule has 0 radical (unpaired) electrons. The van der Waals surface area contributed by atoms with Gasteiger partial charge >= 0.3 is 5.97 Å². The molecule has 0 fully saturated rings. The monoisotopic (exact) mass is 291 g/mol. The van der Waals surface area contributed by atoms with Crippen LogP contribution in [0.5, 0.6) is 0 Å². The number of carboxylic acid groups (broad SMARTS) is 1. The molecule has 4 nitrogen and oxygen atoms in total. The molecule has 0 aliphatic carbocycles. The van der Waals surface area contributed by atoms with Crippen molar-refractivity contribution in [2.45, 2.75) is 52.5 Å². The second-order valence-electron chi connectivity index (χ2n) is 6.02. The van der Waals surface area contributed by atoms with E-state index in [1.54, 1.807) is 13.8 Å². The fourth-order valence-corrected chi connectivity index (χ4v) is 2.09. The van der Waals surface area contributed by atoms with Gasteiger partial charge in [-0.25, -0.2) is 4.79 Å². The van der Waals surface area contributed by atoms with E-state index in [2.05, 4.69) is 31.3 Å².